The molecule has 0 aliphatic rings. The Morgan fingerprint density at radius 3 is 2.31 bits per heavy atom. The third-order valence-electron chi connectivity index (χ3n) is 2.93. The van der Waals surface area contributed by atoms with E-state index >= 15 is 0 Å². The summed E-state index contributed by atoms with van der Waals surface area (Å²) in [5, 5.41) is 14.3. The van der Waals surface area contributed by atoms with Gasteiger partial charge in [-0.1, -0.05) is 13.8 Å². The van der Waals surface area contributed by atoms with Crippen LogP contribution in [-0.4, -0.2) is 29.7 Å². The molecule has 2 unspecified atom stereocenters. The van der Waals surface area contributed by atoms with Crippen molar-refractivity contribution in [2.24, 2.45) is 5.41 Å². The van der Waals surface area contributed by atoms with Crippen molar-refractivity contribution in [1.29, 1.82) is 0 Å². The summed E-state index contributed by atoms with van der Waals surface area (Å²) in [5.74, 6) is -0.890. The summed E-state index contributed by atoms with van der Waals surface area (Å²) >= 11 is 0. The molecule has 0 aromatic heterocycles. The highest BCUT2D eigenvalue weighted by atomic mass is 16.4. The molecule has 0 heterocycles. The van der Waals surface area contributed by atoms with E-state index in [9.17, 15) is 9.59 Å². The van der Waals surface area contributed by atoms with Crippen LogP contribution >= 0.6 is 0 Å². The number of nitrogens with one attached hydrogen (secondary N) is 2. The van der Waals surface area contributed by atoms with E-state index in [1.54, 1.807) is 13.8 Å². The highest BCUT2D eigenvalue weighted by Crippen LogP contribution is 2.19. The molecular weight excluding hydrogens is 208 g/mol. The fourth-order valence-corrected chi connectivity index (χ4v) is 1.00. The van der Waals surface area contributed by atoms with Gasteiger partial charge in [-0.05, 0) is 26.7 Å². The van der Waals surface area contributed by atoms with Gasteiger partial charge in [0.25, 0.3) is 0 Å². The van der Waals surface area contributed by atoms with E-state index in [4.69, 9.17) is 5.11 Å². The van der Waals surface area contributed by atoms with Crippen molar-refractivity contribution >= 4 is 12.0 Å². The van der Waals surface area contributed by atoms with Crippen molar-refractivity contribution in [3.05, 3.63) is 0 Å². The lowest BCUT2D eigenvalue weighted by atomic mass is 9.88. The van der Waals surface area contributed by atoms with Gasteiger partial charge < -0.3 is 15.7 Å². The Balaban J connectivity index is 4.13. The van der Waals surface area contributed by atoms with Crippen LogP contribution < -0.4 is 10.6 Å². The van der Waals surface area contributed by atoms with Crippen molar-refractivity contribution in [2.45, 2.75) is 46.6 Å². The normalized spacial score (nSPS) is 16.0. The SMILES string of the molecule is CCC(C)NC(=O)NCC(C)(CC)C(=O)O. The van der Waals surface area contributed by atoms with Crippen molar-refractivity contribution < 1.29 is 14.7 Å². The first kappa shape index (κ1) is 14.7. The topological polar surface area (TPSA) is 78.4 Å². The maximum Gasteiger partial charge on any atom is 0.315 e. The molecule has 0 bridgehead atoms. The average Bonchev–Trinajstić information content (AvgIpc) is 2.25. The van der Waals surface area contributed by atoms with Crippen LogP contribution in [0.1, 0.15) is 40.5 Å². The fraction of sp³-hybridized carbons (Fsp3) is 0.818. The lowest BCUT2D eigenvalue weighted by Gasteiger charge is -2.23. The molecule has 0 spiro atoms. The van der Waals surface area contributed by atoms with E-state index < -0.39 is 11.4 Å². The van der Waals surface area contributed by atoms with Gasteiger partial charge in [0.2, 0.25) is 0 Å². The average molecular weight is 230 g/mol. The number of hydrogen-bond donors (Lipinski definition) is 3. The van der Waals surface area contributed by atoms with Gasteiger partial charge in [0, 0.05) is 12.6 Å². The fourth-order valence-electron chi connectivity index (χ4n) is 1.00. The first-order valence-corrected chi connectivity index (χ1v) is 5.63. The summed E-state index contributed by atoms with van der Waals surface area (Å²) in [6.45, 7) is 7.43. The van der Waals surface area contributed by atoms with Crippen LogP contribution in [0.2, 0.25) is 0 Å². The third-order valence-corrected chi connectivity index (χ3v) is 2.93. The molecule has 0 aliphatic heterocycles. The maximum absolute atomic E-state index is 11.4. The minimum Gasteiger partial charge on any atom is -0.481 e. The van der Waals surface area contributed by atoms with Gasteiger partial charge in [-0.2, -0.15) is 0 Å². The zero-order chi connectivity index (χ0) is 12.8. The zero-order valence-electron chi connectivity index (χ0n) is 10.5. The number of rotatable bonds is 6. The van der Waals surface area contributed by atoms with Crippen LogP contribution in [0.5, 0.6) is 0 Å². The van der Waals surface area contributed by atoms with Crippen LogP contribution in [0.4, 0.5) is 4.79 Å². The molecule has 5 heteroatoms. The number of carboxylic acid groups (broad SMARTS) is 1. The lowest BCUT2D eigenvalue weighted by Crippen LogP contribution is -2.46. The second-order valence-electron chi connectivity index (χ2n) is 4.36. The number of hydrogen-bond acceptors (Lipinski definition) is 2. The van der Waals surface area contributed by atoms with Gasteiger partial charge in [-0.15, -0.1) is 0 Å². The summed E-state index contributed by atoms with van der Waals surface area (Å²) in [7, 11) is 0. The van der Waals surface area contributed by atoms with Gasteiger partial charge >= 0.3 is 12.0 Å². The van der Waals surface area contributed by atoms with E-state index in [0.29, 0.717) is 6.42 Å². The van der Waals surface area contributed by atoms with Gasteiger partial charge in [0.15, 0.2) is 0 Å². The highest BCUT2D eigenvalue weighted by Gasteiger charge is 2.31. The first-order chi connectivity index (χ1) is 7.35. The van der Waals surface area contributed by atoms with Crippen molar-refractivity contribution in [3.8, 4) is 0 Å². The monoisotopic (exact) mass is 230 g/mol. The number of carbonyl (C=O) groups excluding carboxylic acids is 1. The number of carbonyl (C=O) groups is 2. The molecule has 0 rings (SSSR count). The van der Waals surface area contributed by atoms with Gasteiger partial charge in [0.1, 0.15) is 0 Å². The van der Waals surface area contributed by atoms with Crippen molar-refractivity contribution in [1.82, 2.24) is 10.6 Å². The molecule has 0 aliphatic carbocycles. The summed E-state index contributed by atoms with van der Waals surface area (Å²) in [4.78, 5) is 22.4. The van der Waals surface area contributed by atoms with Crippen LogP contribution in [0.25, 0.3) is 0 Å². The Labute approximate surface area is 96.6 Å². The number of amides is 2. The van der Waals surface area contributed by atoms with E-state index in [1.165, 1.54) is 0 Å². The molecule has 0 radical (unpaired) electrons. The molecule has 0 aromatic carbocycles. The molecule has 0 fully saturated rings. The van der Waals surface area contributed by atoms with Crippen LogP contribution in [-0.2, 0) is 4.79 Å². The second-order valence-corrected chi connectivity index (χ2v) is 4.36. The first-order valence-electron chi connectivity index (χ1n) is 5.63. The standard InChI is InChI=1S/C11H22N2O3/c1-5-8(3)13-10(16)12-7-11(4,6-2)9(14)15/h8H,5-7H2,1-4H3,(H,14,15)(H2,12,13,16). The Morgan fingerprint density at radius 2 is 1.94 bits per heavy atom. The Bertz CT molecular complexity index is 256. The summed E-state index contributed by atoms with van der Waals surface area (Å²) < 4.78 is 0. The van der Waals surface area contributed by atoms with Gasteiger partial charge in [0.05, 0.1) is 5.41 Å². The summed E-state index contributed by atoms with van der Waals surface area (Å²) in [6, 6.07) is -0.215. The smallest absolute Gasteiger partial charge is 0.315 e. The number of carboxylic acids is 1. The molecule has 0 saturated heterocycles. The third kappa shape index (κ3) is 4.51. The molecule has 2 atom stereocenters. The second kappa shape index (κ2) is 6.35. The summed E-state index contributed by atoms with van der Waals surface area (Å²) in [5.41, 5.74) is -0.896. The molecule has 0 aromatic rings. The van der Waals surface area contributed by atoms with E-state index in [-0.39, 0.29) is 18.6 Å². The molecule has 2 amide bonds. The highest BCUT2D eigenvalue weighted by molar-refractivity contribution is 5.77. The largest absolute Gasteiger partial charge is 0.481 e. The van der Waals surface area contributed by atoms with Crippen molar-refractivity contribution in [3.63, 3.8) is 0 Å². The van der Waals surface area contributed by atoms with E-state index in [0.717, 1.165) is 6.42 Å². The Hall–Kier alpha value is -1.26. The zero-order valence-corrected chi connectivity index (χ0v) is 10.5. The minimum atomic E-state index is -0.896. The molecular formula is C11H22N2O3. The van der Waals surface area contributed by atoms with Crippen LogP contribution in [0.3, 0.4) is 0 Å². The molecule has 5 nitrogen and oxygen atoms in total. The Kier molecular flexibility index (Phi) is 5.85. The van der Waals surface area contributed by atoms with Crippen LogP contribution in [0, 0.1) is 5.41 Å². The molecule has 16 heavy (non-hydrogen) atoms. The van der Waals surface area contributed by atoms with Crippen molar-refractivity contribution in [2.75, 3.05) is 6.54 Å². The molecule has 0 saturated carbocycles. The summed E-state index contributed by atoms with van der Waals surface area (Å²) in [6.07, 6.45) is 1.32. The number of aliphatic carboxylic acids is 1. The predicted molar refractivity (Wildman–Crippen MR) is 62.3 cm³/mol. The van der Waals surface area contributed by atoms with E-state index in [2.05, 4.69) is 10.6 Å². The van der Waals surface area contributed by atoms with Crippen LogP contribution in [0.15, 0.2) is 0 Å². The van der Waals surface area contributed by atoms with Gasteiger partial charge in [-0.25, -0.2) is 4.79 Å². The molecule has 94 valence electrons. The minimum absolute atomic E-state index is 0.0951. The van der Waals surface area contributed by atoms with Gasteiger partial charge in [-0.3, -0.25) is 4.79 Å². The Morgan fingerprint density at radius 1 is 1.38 bits per heavy atom. The maximum atomic E-state index is 11.4. The van der Waals surface area contributed by atoms with E-state index in [1.807, 2.05) is 13.8 Å². The lowest BCUT2D eigenvalue weighted by molar-refractivity contribution is -0.147. The molecule has 3 N–H and O–H groups in total. The quantitative estimate of drug-likeness (QED) is 0.648. The number of urea groups is 1. The predicted octanol–water partition coefficient (Wildman–Crippen LogP) is 1.59.